The third-order valence-corrected chi connectivity index (χ3v) is 4.03. The highest BCUT2D eigenvalue weighted by atomic mass is 32.1. The van der Waals surface area contributed by atoms with Crippen molar-refractivity contribution in [2.45, 2.75) is 19.9 Å². The van der Waals surface area contributed by atoms with Gasteiger partial charge in [-0.25, -0.2) is 0 Å². The molecule has 0 bridgehead atoms. The van der Waals surface area contributed by atoms with Gasteiger partial charge in [0.15, 0.2) is 0 Å². The van der Waals surface area contributed by atoms with Gasteiger partial charge in [-0.05, 0) is 36.1 Å². The number of pyridine rings is 1. The summed E-state index contributed by atoms with van der Waals surface area (Å²) in [6.07, 6.45) is 1.75. The number of nitrogens with one attached hydrogen (secondary N) is 1. The standard InChI is InChI=1S/C15H14N4O2S/c1-10-5-7-22-14(10)15-19-18-13(21-15)8-12(20)17-9-11-4-2-3-6-16-11/h2-7H,8-9H2,1H3,(H,17,20). The number of hydrogen-bond donors (Lipinski definition) is 1. The molecule has 3 aromatic rings. The average molecular weight is 314 g/mol. The van der Waals surface area contributed by atoms with E-state index < -0.39 is 0 Å². The van der Waals surface area contributed by atoms with E-state index in [2.05, 4.69) is 20.5 Å². The van der Waals surface area contributed by atoms with Gasteiger partial charge in [-0.2, -0.15) is 0 Å². The smallest absolute Gasteiger partial charge is 0.258 e. The lowest BCUT2D eigenvalue weighted by molar-refractivity contribution is -0.120. The third kappa shape index (κ3) is 3.37. The molecule has 0 fully saturated rings. The van der Waals surface area contributed by atoms with Crippen molar-refractivity contribution in [3.05, 3.63) is 53.0 Å². The van der Waals surface area contributed by atoms with Crippen LogP contribution < -0.4 is 5.32 Å². The Balaban J connectivity index is 1.58. The monoisotopic (exact) mass is 314 g/mol. The van der Waals surface area contributed by atoms with E-state index in [1.54, 1.807) is 6.20 Å². The van der Waals surface area contributed by atoms with Crippen molar-refractivity contribution in [1.29, 1.82) is 0 Å². The highest BCUT2D eigenvalue weighted by molar-refractivity contribution is 7.13. The number of aromatic nitrogens is 3. The van der Waals surface area contributed by atoms with Crippen LogP contribution in [0.5, 0.6) is 0 Å². The summed E-state index contributed by atoms with van der Waals surface area (Å²) in [6, 6.07) is 7.55. The normalized spacial score (nSPS) is 10.6. The second-order valence-electron chi connectivity index (χ2n) is 4.71. The average Bonchev–Trinajstić information content (AvgIpc) is 3.15. The van der Waals surface area contributed by atoms with Gasteiger partial charge in [0, 0.05) is 6.20 Å². The summed E-state index contributed by atoms with van der Waals surface area (Å²) < 4.78 is 5.54. The number of thiophene rings is 1. The van der Waals surface area contributed by atoms with E-state index in [9.17, 15) is 4.79 Å². The Morgan fingerprint density at radius 1 is 1.32 bits per heavy atom. The molecule has 0 aromatic carbocycles. The molecule has 0 saturated heterocycles. The Kier molecular flexibility index (Phi) is 4.24. The van der Waals surface area contributed by atoms with Crippen molar-refractivity contribution in [3.8, 4) is 10.8 Å². The molecule has 0 unspecified atom stereocenters. The van der Waals surface area contributed by atoms with Crippen LogP contribution in [-0.2, 0) is 17.8 Å². The first-order valence-corrected chi connectivity index (χ1v) is 7.64. The van der Waals surface area contributed by atoms with Gasteiger partial charge in [-0.15, -0.1) is 21.5 Å². The number of amides is 1. The highest BCUT2D eigenvalue weighted by Crippen LogP contribution is 2.27. The SMILES string of the molecule is Cc1ccsc1-c1nnc(CC(=O)NCc2ccccn2)o1. The molecule has 0 aliphatic carbocycles. The molecule has 0 aliphatic heterocycles. The van der Waals surface area contributed by atoms with Gasteiger partial charge in [0.2, 0.25) is 11.8 Å². The molecule has 6 nitrogen and oxygen atoms in total. The maximum absolute atomic E-state index is 11.9. The van der Waals surface area contributed by atoms with E-state index in [1.807, 2.05) is 36.6 Å². The zero-order valence-corrected chi connectivity index (χ0v) is 12.8. The lowest BCUT2D eigenvalue weighted by atomic mass is 10.3. The minimum absolute atomic E-state index is 0.0598. The van der Waals surface area contributed by atoms with E-state index in [4.69, 9.17) is 4.42 Å². The number of aryl methyl sites for hydroxylation is 1. The molecular formula is C15H14N4O2S. The van der Waals surface area contributed by atoms with E-state index in [1.165, 1.54) is 11.3 Å². The second-order valence-corrected chi connectivity index (χ2v) is 5.62. The fourth-order valence-corrected chi connectivity index (χ4v) is 2.75. The summed E-state index contributed by atoms with van der Waals surface area (Å²) in [5.41, 5.74) is 1.89. The molecule has 1 N–H and O–H groups in total. The second kappa shape index (κ2) is 6.48. The summed E-state index contributed by atoms with van der Waals surface area (Å²) in [7, 11) is 0. The molecular weight excluding hydrogens is 300 g/mol. The number of carbonyl (C=O) groups excluding carboxylic acids is 1. The summed E-state index contributed by atoms with van der Waals surface area (Å²) in [5.74, 6) is 0.588. The predicted molar refractivity (Wildman–Crippen MR) is 82.1 cm³/mol. The predicted octanol–water partition coefficient (Wildman–Crippen LogP) is 2.36. The van der Waals surface area contributed by atoms with Crippen LogP contribution in [-0.4, -0.2) is 21.1 Å². The van der Waals surface area contributed by atoms with Gasteiger partial charge >= 0.3 is 0 Å². The maximum Gasteiger partial charge on any atom is 0.258 e. The van der Waals surface area contributed by atoms with Crippen LogP contribution >= 0.6 is 11.3 Å². The first kappa shape index (κ1) is 14.4. The highest BCUT2D eigenvalue weighted by Gasteiger charge is 2.14. The summed E-state index contributed by atoms with van der Waals surface area (Å²) in [6.45, 7) is 2.36. The van der Waals surface area contributed by atoms with Gasteiger partial charge in [-0.1, -0.05) is 6.07 Å². The van der Waals surface area contributed by atoms with Crippen molar-refractivity contribution in [1.82, 2.24) is 20.5 Å². The molecule has 0 atom stereocenters. The molecule has 0 saturated carbocycles. The molecule has 3 heterocycles. The number of nitrogens with zero attached hydrogens (tertiary/aromatic N) is 3. The number of carbonyl (C=O) groups is 1. The molecule has 0 spiro atoms. The van der Waals surface area contributed by atoms with Crippen LogP contribution in [0.3, 0.4) is 0 Å². The zero-order chi connectivity index (χ0) is 15.4. The fraction of sp³-hybridized carbons (Fsp3) is 0.200. The van der Waals surface area contributed by atoms with Crippen LogP contribution in [0, 0.1) is 6.92 Å². The summed E-state index contributed by atoms with van der Waals surface area (Å²) in [5, 5.41) is 12.7. The minimum atomic E-state index is -0.177. The summed E-state index contributed by atoms with van der Waals surface area (Å²) >= 11 is 1.54. The van der Waals surface area contributed by atoms with Crippen LogP contribution in [0.15, 0.2) is 40.3 Å². The number of rotatable bonds is 5. The van der Waals surface area contributed by atoms with E-state index in [-0.39, 0.29) is 12.3 Å². The molecule has 112 valence electrons. The molecule has 7 heteroatoms. The topological polar surface area (TPSA) is 80.9 Å². The Labute approximate surface area is 131 Å². The first-order chi connectivity index (χ1) is 10.7. The minimum Gasteiger partial charge on any atom is -0.419 e. The molecule has 3 rings (SSSR count). The summed E-state index contributed by atoms with van der Waals surface area (Å²) in [4.78, 5) is 17.0. The van der Waals surface area contributed by atoms with Gasteiger partial charge in [-0.3, -0.25) is 9.78 Å². The zero-order valence-electron chi connectivity index (χ0n) is 11.9. The molecule has 22 heavy (non-hydrogen) atoms. The van der Waals surface area contributed by atoms with Crippen LogP contribution in [0.25, 0.3) is 10.8 Å². The maximum atomic E-state index is 11.9. The Bertz CT molecular complexity index is 767. The van der Waals surface area contributed by atoms with Crippen molar-refractivity contribution < 1.29 is 9.21 Å². The van der Waals surface area contributed by atoms with Gasteiger partial charge in [0.25, 0.3) is 5.89 Å². The van der Waals surface area contributed by atoms with Gasteiger partial charge in [0.05, 0.1) is 17.1 Å². The Hall–Kier alpha value is -2.54. The Morgan fingerprint density at radius 3 is 2.95 bits per heavy atom. The Morgan fingerprint density at radius 2 is 2.23 bits per heavy atom. The van der Waals surface area contributed by atoms with E-state index in [0.29, 0.717) is 18.3 Å². The van der Waals surface area contributed by atoms with Gasteiger partial charge in [0.1, 0.15) is 6.42 Å². The lowest BCUT2D eigenvalue weighted by Gasteiger charge is -2.02. The van der Waals surface area contributed by atoms with E-state index in [0.717, 1.165) is 16.1 Å². The lowest BCUT2D eigenvalue weighted by Crippen LogP contribution is -2.25. The largest absolute Gasteiger partial charge is 0.419 e. The van der Waals surface area contributed by atoms with E-state index >= 15 is 0 Å². The fourth-order valence-electron chi connectivity index (χ4n) is 1.90. The van der Waals surface area contributed by atoms with Crippen molar-refractivity contribution in [2.75, 3.05) is 0 Å². The van der Waals surface area contributed by atoms with Crippen LogP contribution in [0.2, 0.25) is 0 Å². The molecule has 0 radical (unpaired) electrons. The number of hydrogen-bond acceptors (Lipinski definition) is 6. The third-order valence-electron chi connectivity index (χ3n) is 3.03. The van der Waals surface area contributed by atoms with Crippen molar-refractivity contribution >= 4 is 17.2 Å². The van der Waals surface area contributed by atoms with Gasteiger partial charge < -0.3 is 9.73 Å². The quantitative estimate of drug-likeness (QED) is 0.782. The van der Waals surface area contributed by atoms with Crippen LogP contribution in [0.1, 0.15) is 17.1 Å². The molecule has 0 aliphatic rings. The van der Waals surface area contributed by atoms with Crippen molar-refractivity contribution in [2.24, 2.45) is 0 Å². The molecule has 1 amide bonds. The first-order valence-electron chi connectivity index (χ1n) is 6.76. The molecule has 3 aromatic heterocycles. The van der Waals surface area contributed by atoms with Crippen LogP contribution in [0.4, 0.5) is 0 Å². The van der Waals surface area contributed by atoms with Crippen molar-refractivity contribution in [3.63, 3.8) is 0 Å².